The van der Waals surface area contributed by atoms with Gasteiger partial charge in [-0.15, -0.1) is 0 Å². The molecule has 0 saturated heterocycles. The number of nitrogens with zero attached hydrogens (tertiary/aromatic N) is 3. The van der Waals surface area contributed by atoms with Gasteiger partial charge >= 0.3 is 0 Å². The van der Waals surface area contributed by atoms with Gasteiger partial charge in [0.2, 0.25) is 5.88 Å². The van der Waals surface area contributed by atoms with Crippen LogP contribution in [0.5, 0.6) is 11.6 Å². The van der Waals surface area contributed by atoms with Crippen LogP contribution in [0.4, 0.5) is 5.69 Å². The van der Waals surface area contributed by atoms with Gasteiger partial charge in [-0.1, -0.05) is 0 Å². The molecule has 1 heterocycles. The molecule has 0 amide bonds. The molecule has 0 unspecified atom stereocenters. The minimum Gasteiger partial charge on any atom is -0.437 e. The minimum absolute atomic E-state index is 0.0242. The summed E-state index contributed by atoms with van der Waals surface area (Å²) in [6, 6.07) is 3.02. The van der Waals surface area contributed by atoms with Crippen LogP contribution in [0.25, 0.3) is 0 Å². The van der Waals surface area contributed by atoms with Crippen molar-refractivity contribution in [1.29, 1.82) is 5.41 Å². The Balaban J connectivity index is 2.32. The molecule has 0 fully saturated rings. The van der Waals surface area contributed by atoms with Gasteiger partial charge in [-0.25, -0.2) is 9.97 Å². The lowest BCUT2D eigenvalue weighted by atomic mass is 10.1. The molecule has 8 heteroatoms. The van der Waals surface area contributed by atoms with Crippen molar-refractivity contribution >= 4 is 11.5 Å². The smallest absolute Gasteiger partial charge is 0.276 e. The zero-order chi connectivity index (χ0) is 15.6. The topological polar surface area (TPSA) is 128 Å². The van der Waals surface area contributed by atoms with Crippen molar-refractivity contribution in [1.82, 2.24) is 9.97 Å². The van der Waals surface area contributed by atoms with E-state index in [4.69, 9.17) is 15.9 Å². The summed E-state index contributed by atoms with van der Waals surface area (Å²) >= 11 is 0. The lowest BCUT2D eigenvalue weighted by Gasteiger charge is -2.09. The van der Waals surface area contributed by atoms with E-state index >= 15 is 0 Å². The highest BCUT2D eigenvalue weighted by Gasteiger charge is 2.15. The molecule has 2 rings (SSSR count). The van der Waals surface area contributed by atoms with Gasteiger partial charge in [0.1, 0.15) is 17.3 Å². The Morgan fingerprint density at radius 2 is 2.00 bits per heavy atom. The second kappa shape index (κ2) is 5.53. The second-order valence-corrected chi connectivity index (χ2v) is 4.42. The molecular formula is C13H13N5O3. The second-order valence-electron chi connectivity index (χ2n) is 4.42. The summed E-state index contributed by atoms with van der Waals surface area (Å²) in [6.07, 6.45) is 2.61. The van der Waals surface area contributed by atoms with Crippen LogP contribution in [-0.4, -0.2) is 20.7 Å². The fourth-order valence-electron chi connectivity index (χ4n) is 1.75. The Bertz CT molecular complexity index is 712. The number of nitro groups is 1. The van der Waals surface area contributed by atoms with Gasteiger partial charge < -0.3 is 10.5 Å². The molecular weight excluding hydrogens is 274 g/mol. The Hall–Kier alpha value is -3.03. The van der Waals surface area contributed by atoms with E-state index in [-0.39, 0.29) is 23.1 Å². The van der Waals surface area contributed by atoms with E-state index in [2.05, 4.69) is 9.97 Å². The van der Waals surface area contributed by atoms with Crippen LogP contribution in [0.15, 0.2) is 24.5 Å². The number of amidine groups is 1. The number of hydrogen-bond acceptors (Lipinski definition) is 6. The van der Waals surface area contributed by atoms with E-state index < -0.39 is 4.92 Å². The predicted molar refractivity (Wildman–Crippen MR) is 75.7 cm³/mol. The van der Waals surface area contributed by atoms with Gasteiger partial charge in [0.25, 0.3) is 5.69 Å². The zero-order valence-electron chi connectivity index (χ0n) is 11.5. The minimum atomic E-state index is -0.466. The SMILES string of the molecule is Cc1cc(C)c([N+](=O)[O-])cc1Oc1cnc(C(=N)N)cn1. The van der Waals surface area contributed by atoms with E-state index in [9.17, 15) is 10.1 Å². The fraction of sp³-hybridized carbons (Fsp3) is 0.154. The summed E-state index contributed by atoms with van der Waals surface area (Å²) in [6.45, 7) is 3.44. The highest BCUT2D eigenvalue weighted by Crippen LogP contribution is 2.30. The first-order valence-corrected chi connectivity index (χ1v) is 5.98. The van der Waals surface area contributed by atoms with Crippen LogP contribution < -0.4 is 10.5 Å². The fourth-order valence-corrected chi connectivity index (χ4v) is 1.75. The molecule has 3 N–H and O–H groups in total. The van der Waals surface area contributed by atoms with Gasteiger partial charge in [0, 0.05) is 5.56 Å². The van der Waals surface area contributed by atoms with E-state index in [0.717, 1.165) is 5.56 Å². The Morgan fingerprint density at radius 3 is 2.52 bits per heavy atom. The Morgan fingerprint density at radius 1 is 1.29 bits per heavy atom. The zero-order valence-corrected chi connectivity index (χ0v) is 11.5. The average Bonchev–Trinajstić information content (AvgIpc) is 2.42. The number of nitrogens with one attached hydrogen (secondary N) is 1. The van der Waals surface area contributed by atoms with Crippen LogP contribution in [0.1, 0.15) is 16.8 Å². The highest BCUT2D eigenvalue weighted by atomic mass is 16.6. The van der Waals surface area contributed by atoms with Crippen molar-refractivity contribution < 1.29 is 9.66 Å². The van der Waals surface area contributed by atoms with Crippen molar-refractivity contribution in [2.75, 3.05) is 0 Å². The number of aryl methyl sites for hydroxylation is 2. The third-order valence-electron chi connectivity index (χ3n) is 2.81. The summed E-state index contributed by atoms with van der Waals surface area (Å²) in [4.78, 5) is 18.3. The van der Waals surface area contributed by atoms with Gasteiger partial charge in [0.15, 0.2) is 0 Å². The maximum Gasteiger partial charge on any atom is 0.276 e. The van der Waals surface area contributed by atoms with Gasteiger partial charge in [-0.05, 0) is 25.5 Å². The number of aromatic nitrogens is 2. The third-order valence-corrected chi connectivity index (χ3v) is 2.81. The standard InChI is InChI=1S/C13H13N5O3/c1-7-3-8(2)11(4-10(7)18(19)20)21-12-6-16-9(5-17-12)13(14)15/h3-6H,1-2H3,(H3,14,15). The normalized spacial score (nSPS) is 10.2. The maximum absolute atomic E-state index is 10.9. The van der Waals surface area contributed by atoms with Crippen LogP contribution in [-0.2, 0) is 0 Å². The molecule has 0 aliphatic heterocycles. The summed E-state index contributed by atoms with van der Waals surface area (Å²) in [7, 11) is 0. The van der Waals surface area contributed by atoms with Crippen molar-refractivity contribution in [2.24, 2.45) is 5.73 Å². The van der Waals surface area contributed by atoms with E-state index in [1.165, 1.54) is 18.5 Å². The largest absolute Gasteiger partial charge is 0.437 e. The van der Waals surface area contributed by atoms with Crippen molar-refractivity contribution in [3.63, 3.8) is 0 Å². The van der Waals surface area contributed by atoms with E-state index in [1.54, 1.807) is 19.9 Å². The number of nitrogens with two attached hydrogens (primary N) is 1. The lowest BCUT2D eigenvalue weighted by Crippen LogP contribution is -2.13. The number of nitro benzene ring substituents is 1. The Kier molecular flexibility index (Phi) is 3.79. The van der Waals surface area contributed by atoms with Gasteiger partial charge in [-0.2, -0.15) is 0 Å². The third kappa shape index (κ3) is 3.11. The Labute approximate surface area is 120 Å². The summed E-state index contributed by atoms with van der Waals surface area (Å²) in [5.41, 5.74) is 6.79. The first-order chi connectivity index (χ1) is 9.88. The number of ether oxygens (including phenoxy) is 1. The molecule has 8 nitrogen and oxygen atoms in total. The molecule has 0 bridgehead atoms. The summed E-state index contributed by atoms with van der Waals surface area (Å²) < 4.78 is 5.50. The predicted octanol–water partition coefficient (Wildman–Crippen LogP) is 2.08. The van der Waals surface area contributed by atoms with Crippen LogP contribution >= 0.6 is 0 Å². The summed E-state index contributed by atoms with van der Waals surface area (Å²) in [5, 5.41) is 18.2. The molecule has 0 radical (unpaired) electrons. The van der Waals surface area contributed by atoms with Crippen molar-refractivity contribution in [2.45, 2.75) is 13.8 Å². The van der Waals surface area contributed by atoms with Crippen LogP contribution in [0, 0.1) is 29.4 Å². The van der Waals surface area contributed by atoms with Crippen LogP contribution in [0.3, 0.4) is 0 Å². The maximum atomic E-state index is 10.9. The molecule has 1 aromatic carbocycles. The molecule has 0 aliphatic rings. The quantitative estimate of drug-likeness (QED) is 0.383. The molecule has 108 valence electrons. The molecule has 0 atom stereocenters. The monoisotopic (exact) mass is 287 g/mol. The molecule has 0 aliphatic carbocycles. The van der Waals surface area contributed by atoms with Crippen LogP contribution in [0.2, 0.25) is 0 Å². The summed E-state index contributed by atoms with van der Waals surface area (Å²) in [5.74, 6) is 0.301. The number of rotatable bonds is 4. The number of nitrogen functional groups attached to an aromatic ring is 1. The molecule has 21 heavy (non-hydrogen) atoms. The van der Waals surface area contributed by atoms with E-state index in [0.29, 0.717) is 11.3 Å². The number of hydrogen-bond donors (Lipinski definition) is 2. The van der Waals surface area contributed by atoms with Crippen molar-refractivity contribution in [3.05, 3.63) is 51.5 Å². The molecule has 0 spiro atoms. The molecule has 0 saturated carbocycles. The number of benzene rings is 1. The highest BCUT2D eigenvalue weighted by molar-refractivity contribution is 5.92. The first-order valence-electron chi connectivity index (χ1n) is 5.98. The van der Waals surface area contributed by atoms with Gasteiger partial charge in [0.05, 0.1) is 23.4 Å². The van der Waals surface area contributed by atoms with E-state index in [1.807, 2.05) is 0 Å². The van der Waals surface area contributed by atoms with Crippen molar-refractivity contribution in [3.8, 4) is 11.6 Å². The first kappa shape index (κ1) is 14.4. The lowest BCUT2D eigenvalue weighted by molar-refractivity contribution is -0.385. The molecule has 1 aromatic heterocycles. The average molecular weight is 287 g/mol. The van der Waals surface area contributed by atoms with Gasteiger partial charge in [-0.3, -0.25) is 15.5 Å². The molecule has 2 aromatic rings.